The normalized spacial score (nSPS) is 13.3. The van der Waals surface area contributed by atoms with E-state index in [1.807, 2.05) is 18.2 Å². The second-order valence-corrected chi connectivity index (χ2v) is 10.7. The van der Waals surface area contributed by atoms with E-state index in [0.717, 1.165) is 41.0 Å². The summed E-state index contributed by atoms with van der Waals surface area (Å²) in [5.41, 5.74) is 3.28. The summed E-state index contributed by atoms with van der Waals surface area (Å²) in [7, 11) is -3.31. The van der Waals surface area contributed by atoms with Gasteiger partial charge in [0, 0.05) is 17.0 Å². The predicted octanol–water partition coefficient (Wildman–Crippen LogP) is 4.87. The van der Waals surface area contributed by atoms with Crippen molar-refractivity contribution in [1.82, 2.24) is 4.98 Å². The molecular formula is C23H24FN3O3S2. The van der Waals surface area contributed by atoms with E-state index >= 15 is 0 Å². The second-order valence-electron chi connectivity index (χ2n) is 7.76. The fourth-order valence-corrected chi connectivity index (χ4v) is 5.79. The zero-order chi connectivity index (χ0) is 22.9. The van der Waals surface area contributed by atoms with Crippen molar-refractivity contribution < 1.29 is 17.6 Å². The molecule has 1 N–H and O–H groups in total. The van der Waals surface area contributed by atoms with Crippen molar-refractivity contribution in [3.05, 3.63) is 64.3 Å². The molecule has 0 radical (unpaired) electrons. The Bertz CT molecular complexity index is 1270. The maximum Gasteiger partial charge on any atom is 0.260 e. The smallest absolute Gasteiger partial charge is 0.260 e. The number of benzene rings is 2. The number of aromatic nitrogens is 1. The van der Waals surface area contributed by atoms with Gasteiger partial charge in [0.15, 0.2) is 5.13 Å². The van der Waals surface area contributed by atoms with Crippen molar-refractivity contribution in [3.63, 3.8) is 0 Å². The molecule has 1 aliphatic heterocycles. The summed E-state index contributed by atoms with van der Waals surface area (Å²) in [6.45, 7) is 2.54. The van der Waals surface area contributed by atoms with Crippen molar-refractivity contribution in [2.24, 2.45) is 0 Å². The summed E-state index contributed by atoms with van der Waals surface area (Å²) in [4.78, 5) is 18.2. The molecule has 2 heterocycles. The van der Waals surface area contributed by atoms with Gasteiger partial charge in [0.25, 0.3) is 5.91 Å². The minimum Gasteiger partial charge on any atom is -0.298 e. The first-order valence-corrected chi connectivity index (χ1v) is 13.1. The lowest BCUT2D eigenvalue weighted by Crippen LogP contribution is -2.27. The Morgan fingerprint density at radius 2 is 2.03 bits per heavy atom. The van der Waals surface area contributed by atoms with Gasteiger partial charge in [0.2, 0.25) is 10.0 Å². The zero-order valence-corrected chi connectivity index (χ0v) is 19.5. The lowest BCUT2D eigenvalue weighted by molar-refractivity contribution is 0.102. The molecule has 0 saturated carbocycles. The second kappa shape index (κ2) is 8.99. The number of fused-ring (bicyclic) bond motifs is 1. The van der Waals surface area contributed by atoms with Gasteiger partial charge in [-0.2, -0.15) is 0 Å². The van der Waals surface area contributed by atoms with Gasteiger partial charge in [0.1, 0.15) is 5.82 Å². The highest BCUT2D eigenvalue weighted by Crippen LogP contribution is 2.37. The Kier molecular flexibility index (Phi) is 6.30. The van der Waals surface area contributed by atoms with Gasteiger partial charge < -0.3 is 0 Å². The van der Waals surface area contributed by atoms with Crippen LogP contribution in [0.2, 0.25) is 0 Å². The van der Waals surface area contributed by atoms with Crippen LogP contribution in [-0.4, -0.2) is 32.1 Å². The Morgan fingerprint density at radius 3 is 2.75 bits per heavy atom. The van der Waals surface area contributed by atoms with Crippen LogP contribution in [-0.2, 0) is 22.9 Å². The monoisotopic (exact) mass is 473 g/mol. The summed E-state index contributed by atoms with van der Waals surface area (Å²) in [6, 6.07) is 11.5. The number of anilines is 2. The number of unbranched alkanes of at least 4 members (excludes halogenated alkanes) is 1. The molecule has 4 rings (SSSR count). The van der Waals surface area contributed by atoms with Gasteiger partial charge in [0.05, 0.1) is 23.2 Å². The number of carbonyl (C=O) groups is 1. The SMILES string of the molecule is CCCCc1sc(NC(=O)c2ccccc2F)nc1-c1ccc2c(c1)CCN2S(C)(=O)=O. The van der Waals surface area contributed by atoms with E-state index < -0.39 is 21.7 Å². The maximum atomic E-state index is 14.0. The molecule has 0 unspecified atom stereocenters. The van der Waals surface area contributed by atoms with E-state index in [1.165, 1.54) is 40.1 Å². The number of amides is 1. The first-order valence-electron chi connectivity index (χ1n) is 10.4. The Labute approximate surface area is 191 Å². The largest absolute Gasteiger partial charge is 0.298 e. The van der Waals surface area contributed by atoms with Gasteiger partial charge in [-0.05, 0) is 49.1 Å². The van der Waals surface area contributed by atoms with Crippen molar-refractivity contribution in [3.8, 4) is 11.3 Å². The number of hydrogen-bond acceptors (Lipinski definition) is 5. The van der Waals surface area contributed by atoms with Crippen LogP contribution in [0.4, 0.5) is 15.2 Å². The summed E-state index contributed by atoms with van der Waals surface area (Å²) in [6.07, 6.45) is 4.65. The van der Waals surface area contributed by atoms with Gasteiger partial charge >= 0.3 is 0 Å². The van der Waals surface area contributed by atoms with Gasteiger partial charge in [-0.15, -0.1) is 11.3 Å². The fraction of sp³-hybridized carbons (Fsp3) is 0.304. The highest BCUT2D eigenvalue weighted by molar-refractivity contribution is 7.92. The standard InChI is InChI=1S/C23H24FN3O3S2/c1-3-4-9-20-21(16-10-11-19-15(14-16)12-13-27(19)32(2,29)30)25-23(31-20)26-22(28)17-7-5-6-8-18(17)24/h5-8,10-11,14H,3-4,9,12-13H2,1-2H3,(H,25,26,28). The minimum atomic E-state index is -3.31. The molecule has 1 aromatic heterocycles. The van der Waals surface area contributed by atoms with Crippen LogP contribution < -0.4 is 9.62 Å². The number of halogens is 1. The van der Waals surface area contributed by atoms with Crippen molar-refractivity contribution >= 4 is 38.1 Å². The molecule has 0 atom stereocenters. The average Bonchev–Trinajstić information content (AvgIpc) is 3.35. The molecule has 168 valence electrons. The molecule has 2 aromatic carbocycles. The van der Waals surface area contributed by atoms with Crippen LogP contribution in [0.25, 0.3) is 11.3 Å². The molecule has 0 fully saturated rings. The van der Waals surface area contributed by atoms with Crippen molar-refractivity contribution in [2.45, 2.75) is 32.6 Å². The summed E-state index contributed by atoms with van der Waals surface area (Å²) in [5.74, 6) is -1.12. The molecule has 0 aliphatic carbocycles. The molecule has 0 bridgehead atoms. The van der Waals surface area contributed by atoms with Crippen molar-refractivity contribution in [1.29, 1.82) is 0 Å². The molecule has 0 spiro atoms. The van der Waals surface area contributed by atoms with E-state index in [2.05, 4.69) is 17.2 Å². The Hall–Kier alpha value is -2.78. The lowest BCUT2D eigenvalue weighted by Gasteiger charge is -2.16. The first kappa shape index (κ1) is 22.4. The number of nitrogens with one attached hydrogen (secondary N) is 1. The van der Waals surface area contributed by atoms with Crippen LogP contribution in [0.1, 0.15) is 40.6 Å². The Morgan fingerprint density at radius 1 is 1.25 bits per heavy atom. The highest BCUT2D eigenvalue weighted by Gasteiger charge is 2.27. The Balaban J connectivity index is 1.66. The summed E-state index contributed by atoms with van der Waals surface area (Å²) < 4.78 is 39.4. The molecular weight excluding hydrogens is 449 g/mol. The maximum absolute atomic E-state index is 14.0. The number of aryl methyl sites for hydroxylation is 1. The first-order chi connectivity index (χ1) is 15.3. The lowest BCUT2D eigenvalue weighted by atomic mass is 10.0. The fourth-order valence-electron chi connectivity index (χ4n) is 3.81. The molecule has 9 heteroatoms. The number of rotatable bonds is 7. The number of sulfonamides is 1. The van der Waals surface area contributed by atoms with Crippen molar-refractivity contribution in [2.75, 3.05) is 22.4 Å². The molecule has 6 nitrogen and oxygen atoms in total. The van der Waals surface area contributed by atoms with Crippen LogP contribution in [0.15, 0.2) is 42.5 Å². The van der Waals surface area contributed by atoms with Gasteiger partial charge in [-0.25, -0.2) is 17.8 Å². The van der Waals surface area contributed by atoms with E-state index in [4.69, 9.17) is 0 Å². The predicted molar refractivity (Wildman–Crippen MR) is 126 cm³/mol. The number of hydrogen-bond donors (Lipinski definition) is 1. The van der Waals surface area contributed by atoms with E-state index in [1.54, 1.807) is 6.07 Å². The highest BCUT2D eigenvalue weighted by atomic mass is 32.2. The zero-order valence-electron chi connectivity index (χ0n) is 17.9. The van der Waals surface area contributed by atoms with Crippen LogP contribution in [0.3, 0.4) is 0 Å². The third kappa shape index (κ3) is 4.54. The van der Waals surface area contributed by atoms with E-state index in [9.17, 15) is 17.6 Å². The molecule has 1 amide bonds. The molecule has 3 aromatic rings. The summed E-state index contributed by atoms with van der Waals surface area (Å²) >= 11 is 1.39. The van der Waals surface area contributed by atoms with Crippen LogP contribution >= 0.6 is 11.3 Å². The molecule has 32 heavy (non-hydrogen) atoms. The molecule has 1 aliphatic rings. The van der Waals surface area contributed by atoms with Crippen LogP contribution in [0, 0.1) is 5.82 Å². The quantitative estimate of drug-likeness (QED) is 0.531. The van der Waals surface area contributed by atoms with Gasteiger partial charge in [-0.3, -0.25) is 14.4 Å². The minimum absolute atomic E-state index is 0.0299. The van der Waals surface area contributed by atoms with E-state index in [-0.39, 0.29) is 5.56 Å². The third-order valence-electron chi connectivity index (χ3n) is 5.40. The van der Waals surface area contributed by atoms with Gasteiger partial charge in [-0.1, -0.05) is 31.5 Å². The number of thiazole rings is 1. The van der Waals surface area contributed by atoms with Crippen LogP contribution in [0.5, 0.6) is 0 Å². The third-order valence-corrected chi connectivity index (χ3v) is 7.61. The number of nitrogens with zero attached hydrogens (tertiary/aromatic N) is 2. The molecule has 0 saturated heterocycles. The number of carbonyl (C=O) groups excluding carboxylic acids is 1. The van der Waals surface area contributed by atoms with E-state index in [0.29, 0.717) is 23.8 Å². The summed E-state index contributed by atoms with van der Waals surface area (Å²) in [5, 5.41) is 3.14. The topological polar surface area (TPSA) is 79.4 Å². The average molecular weight is 474 g/mol.